The Kier molecular flexibility index (Phi) is 23.5. The van der Waals surface area contributed by atoms with E-state index < -0.39 is 62.6 Å². The number of hydrogen-bond donors (Lipinski definition) is 0. The first-order valence-electron chi connectivity index (χ1n) is 25.5. The average Bonchev–Trinajstić information content (AvgIpc) is 3.21. The van der Waals surface area contributed by atoms with E-state index in [0.29, 0.717) is 10.6 Å². The van der Waals surface area contributed by atoms with Gasteiger partial charge in [0.25, 0.3) is 0 Å². The molecule has 0 nitrogen and oxygen atoms in total. The van der Waals surface area contributed by atoms with Crippen LogP contribution in [0.1, 0.15) is 166 Å². The van der Waals surface area contributed by atoms with Crippen LogP contribution in [-0.2, 0) is 14.1 Å². The van der Waals surface area contributed by atoms with Gasteiger partial charge in [-0.05, 0) is 0 Å². The van der Waals surface area contributed by atoms with Gasteiger partial charge in [-0.15, -0.1) is 0 Å². The van der Waals surface area contributed by atoms with Crippen molar-refractivity contribution in [2.75, 3.05) is 0 Å². The SMILES string of the molecule is CC[Si](CC)(CC)[C](C(C)C)([Cr]([C](C(C)C)([Si](CC)(CC)CC)[Si](CC)(CC)CC)[C](C(C)C)([Si](CC)(CC)CC)[Si](CC)(CC)CC)[Si](CC)(CC)CC. The standard InChI is InChI=1S/3C16H37Si2.Cr/c3*1-9-17(10-2,11-3)16(15(7)8)18(12-4,13-5)14-6;/h3*15H,9-14H2,1-8H3;. The molecule has 0 aromatic rings. The Bertz CT molecular complexity index is 818. The van der Waals surface area contributed by atoms with Crippen LogP contribution in [0.3, 0.4) is 0 Å². The monoisotopic (exact) mass is 908 g/mol. The number of hydrogen-bond acceptors (Lipinski definition) is 0. The molecule has 0 spiro atoms. The predicted octanol–water partition coefficient (Wildman–Crippen LogP) is 19.3. The van der Waals surface area contributed by atoms with E-state index in [-0.39, 0.29) is 0 Å². The van der Waals surface area contributed by atoms with Gasteiger partial charge in [0, 0.05) is 0 Å². The van der Waals surface area contributed by atoms with Crippen LogP contribution in [0.4, 0.5) is 0 Å². The van der Waals surface area contributed by atoms with Crippen LogP contribution in [0.15, 0.2) is 0 Å². The van der Waals surface area contributed by atoms with Crippen molar-refractivity contribution in [2.24, 2.45) is 17.8 Å². The first-order valence-corrected chi connectivity index (χ1v) is 43.2. The van der Waals surface area contributed by atoms with Crippen molar-refractivity contribution in [2.45, 2.75) is 286 Å². The molecule has 0 aliphatic heterocycles. The van der Waals surface area contributed by atoms with Crippen molar-refractivity contribution in [3.05, 3.63) is 0 Å². The Hall–Kier alpha value is 1.83. The second kappa shape index (κ2) is 22.8. The normalized spacial score (nSPS) is 15.1. The molecular formula is C48H111CrSi6. The molecule has 0 unspecified atom stereocenters. The van der Waals surface area contributed by atoms with E-state index in [0.717, 1.165) is 17.8 Å². The molecule has 0 heterocycles. The van der Waals surface area contributed by atoms with Gasteiger partial charge in [-0.2, -0.15) is 0 Å². The van der Waals surface area contributed by atoms with Crippen molar-refractivity contribution < 1.29 is 14.1 Å². The van der Waals surface area contributed by atoms with Gasteiger partial charge < -0.3 is 0 Å². The molecule has 0 aliphatic rings. The van der Waals surface area contributed by atoms with Gasteiger partial charge in [-0.3, -0.25) is 0 Å². The Morgan fingerprint density at radius 3 is 0.382 bits per heavy atom. The zero-order chi connectivity index (χ0) is 43.5. The molecule has 0 aliphatic carbocycles. The molecule has 0 aromatic heterocycles. The third-order valence-electron chi connectivity index (χ3n) is 20.3. The summed E-state index contributed by atoms with van der Waals surface area (Å²) in [4.78, 5) is 0. The summed E-state index contributed by atoms with van der Waals surface area (Å²) in [6.07, 6.45) is 0. The van der Waals surface area contributed by atoms with Crippen LogP contribution in [0, 0.1) is 17.8 Å². The summed E-state index contributed by atoms with van der Waals surface area (Å²) in [5.41, 5.74) is 0. The molecule has 0 radical (unpaired) electrons. The molecule has 0 bridgehead atoms. The zero-order valence-electron chi connectivity index (χ0n) is 43.4. The Morgan fingerprint density at radius 2 is 0.327 bits per heavy atom. The molecule has 7 heteroatoms. The molecule has 0 amide bonds. The fourth-order valence-corrected chi connectivity index (χ4v) is 111. The van der Waals surface area contributed by atoms with Gasteiger partial charge >= 0.3 is 366 Å². The van der Waals surface area contributed by atoms with Crippen LogP contribution in [0.5, 0.6) is 0 Å². The summed E-state index contributed by atoms with van der Waals surface area (Å²) in [7, 11) is -11.4. The zero-order valence-corrected chi connectivity index (χ0v) is 50.6. The van der Waals surface area contributed by atoms with Crippen molar-refractivity contribution in [3.8, 4) is 0 Å². The van der Waals surface area contributed by atoms with E-state index in [1.165, 1.54) is 0 Å². The topological polar surface area (TPSA) is 0 Å². The first kappa shape index (κ1) is 56.8. The summed E-state index contributed by atoms with van der Waals surface area (Å²) in [5.74, 6) is 2.45. The maximum atomic E-state index is 2.97. The van der Waals surface area contributed by atoms with E-state index in [4.69, 9.17) is 0 Å². The predicted molar refractivity (Wildman–Crippen MR) is 276 cm³/mol. The van der Waals surface area contributed by atoms with E-state index in [9.17, 15) is 0 Å². The summed E-state index contributed by atoms with van der Waals surface area (Å²) in [6.45, 7) is 68.5. The second-order valence-electron chi connectivity index (χ2n) is 20.0. The third-order valence-corrected chi connectivity index (χ3v) is 89.6. The minimum atomic E-state index is -1.89. The van der Waals surface area contributed by atoms with Gasteiger partial charge in [0.05, 0.1) is 0 Å². The summed E-state index contributed by atoms with van der Waals surface area (Å²) < 4.78 is 1.90. The third kappa shape index (κ3) is 7.61. The Morgan fingerprint density at radius 1 is 0.236 bits per heavy atom. The average molecular weight is 909 g/mol. The molecule has 0 atom stereocenters. The molecule has 0 fully saturated rings. The maximum absolute atomic E-state index is 2.97. The van der Waals surface area contributed by atoms with E-state index in [1.54, 1.807) is 109 Å². The molecule has 0 rings (SSSR count). The first-order chi connectivity index (χ1) is 25.8. The van der Waals surface area contributed by atoms with Crippen LogP contribution in [0.2, 0.25) is 119 Å². The van der Waals surface area contributed by atoms with Crippen LogP contribution in [0.25, 0.3) is 0 Å². The van der Waals surface area contributed by atoms with Crippen molar-refractivity contribution >= 4 is 48.4 Å². The van der Waals surface area contributed by atoms with E-state index in [2.05, 4.69) is 166 Å². The molecular weight excluding hydrogens is 797 g/mol. The quantitative estimate of drug-likeness (QED) is 0.0630. The van der Waals surface area contributed by atoms with Crippen molar-refractivity contribution in [1.82, 2.24) is 0 Å². The van der Waals surface area contributed by atoms with E-state index >= 15 is 0 Å². The molecule has 0 saturated heterocycles. The van der Waals surface area contributed by atoms with Gasteiger partial charge in [0.2, 0.25) is 0 Å². The van der Waals surface area contributed by atoms with Crippen LogP contribution in [-0.4, -0.2) is 48.4 Å². The van der Waals surface area contributed by atoms with Crippen LogP contribution < -0.4 is 0 Å². The van der Waals surface area contributed by atoms with Gasteiger partial charge in [-0.1, -0.05) is 0 Å². The summed E-state index contributed by atoms with van der Waals surface area (Å²) >= 11 is -1.58. The summed E-state index contributed by atoms with van der Waals surface area (Å²) in [5, 5.41) is 0. The van der Waals surface area contributed by atoms with Gasteiger partial charge in [0.15, 0.2) is 0 Å². The van der Waals surface area contributed by atoms with Crippen molar-refractivity contribution in [3.63, 3.8) is 0 Å². The van der Waals surface area contributed by atoms with Crippen LogP contribution >= 0.6 is 0 Å². The molecule has 55 heavy (non-hydrogen) atoms. The number of rotatable bonds is 30. The van der Waals surface area contributed by atoms with Crippen molar-refractivity contribution in [1.29, 1.82) is 0 Å². The molecule has 0 aromatic carbocycles. The Balaban J connectivity index is 11.7. The second-order valence-corrected chi connectivity index (χ2v) is 61.9. The van der Waals surface area contributed by atoms with E-state index in [1.807, 2.05) is 0 Å². The molecule has 0 N–H and O–H groups in total. The fraction of sp³-hybridized carbons (Fsp3) is 1.00. The fourth-order valence-electron chi connectivity index (χ4n) is 17.4. The summed E-state index contributed by atoms with van der Waals surface area (Å²) in [6, 6.07) is 27.8. The minimum absolute atomic E-state index is 0.635. The van der Waals surface area contributed by atoms with Gasteiger partial charge in [-0.25, -0.2) is 0 Å². The molecule has 333 valence electrons. The Labute approximate surface area is 363 Å². The van der Waals surface area contributed by atoms with Gasteiger partial charge in [0.1, 0.15) is 0 Å². The molecule has 0 saturated carbocycles.